The Hall–Kier alpha value is -3.41. The molecule has 26 heavy (non-hydrogen) atoms. The van der Waals surface area contributed by atoms with E-state index in [9.17, 15) is 4.79 Å². The van der Waals surface area contributed by atoms with Gasteiger partial charge in [0.25, 0.3) is 5.91 Å². The number of anilines is 3. The van der Waals surface area contributed by atoms with Crippen LogP contribution in [-0.2, 0) is 0 Å². The summed E-state index contributed by atoms with van der Waals surface area (Å²) >= 11 is 0. The molecule has 6 nitrogen and oxygen atoms in total. The maximum atomic E-state index is 12.4. The van der Waals surface area contributed by atoms with E-state index in [0.717, 1.165) is 28.3 Å². The fourth-order valence-corrected chi connectivity index (χ4v) is 2.56. The zero-order valence-electron chi connectivity index (χ0n) is 14.9. The average Bonchev–Trinajstić information content (AvgIpc) is 2.65. The second kappa shape index (κ2) is 7.65. The van der Waals surface area contributed by atoms with Crippen LogP contribution in [0, 0.1) is 13.8 Å². The summed E-state index contributed by atoms with van der Waals surface area (Å²) in [6.45, 7) is 3.91. The summed E-state index contributed by atoms with van der Waals surface area (Å²) in [4.78, 5) is 12.4. The monoisotopic (exact) mass is 348 g/mol. The first-order chi connectivity index (χ1) is 12.6. The maximum absolute atomic E-state index is 12.4. The van der Waals surface area contributed by atoms with Gasteiger partial charge in [-0.3, -0.25) is 4.79 Å². The van der Waals surface area contributed by atoms with Crippen LogP contribution in [0.4, 0.5) is 17.2 Å². The van der Waals surface area contributed by atoms with Gasteiger partial charge in [-0.15, -0.1) is 10.2 Å². The van der Waals surface area contributed by atoms with Gasteiger partial charge in [0.15, 0.2) is 11.5 Å². The summed E-state index contributed by atoms with van der Waals surface area (Å²) in [7, 11) is 1.61. The number of hydrogen-bond donors (Lipinski definition) is 2. The second-order valence-corrected chi connectivity index (χ2v) is 5.88. The van der Waals surface area contributed by atoms with E-state index in [1.54, 1.807) is 19.2 Å². The van der Waals surface area contributed by atoms with Gasteiger partial charge < -0.3 is 15.4 Å². The van der Waals surface area contributed by atoms with Crippen molar-refractivity contribution in [3.63, 3.8) is 0 Å². The van der Waals surface area contributed by atoms with Gasteiger partial charge in [-0.2, -0.15) is 0 Å². The Bertz CT molecular complexity index is 903. The normalized spacial score (nSPS) is 10.3. The number of rotatable bonds is 5. The van der Waals surface area contributed by atoms with E-state index in [1.165, 1.54) is 0 Å². The Morgan fingerprint density at radius 2 is 1.69 bits per heavy atom. The Kier molecular flexibility index (Phi) is 5.12. The summed E-state index contributed by atoms with van der Waals surface area (Å²) in [5, 5.41) is 14.1. The van der Waals surface area contributed by atoms with Crippen LogP contribution in [0.5, 0.6) is 5.75 Å². The Balaban J connectivity index is 1.71. The van der Waals surface area contributed by atoms with Crippen LogP contribution in [0.2, 0.25) is 0 Å². The summed E-state index contributed by atoms with van der Waals surface area (Å²) in [5.41, 5.74) is 3.89. The van der Waals surface area contributed by atoms with Gasteiger partial charge in [0.1, 0.15) is 5.75 Å². The number of para-hydroxylation sites is 1. The lowest BCUT2D eigenvalue weighted by Gasteiger charge is -2.11. The molecule has 0 fully saturated rings. The third kappa shape index (κ3) is 3.97. The summed E-state index contributed by atoms with van der Waals surface area (Å²) in [6.07, 6.45) is 0. The molecule has 0 saturated carbocycles. The molecule has 0 radical (unpaired) electrons. The van der Waals surface area contributed by atoms with Crippen LogP contribution >= 0.6 is 0 Å². The molecular weight excluding hydrogens is 328 g/mol. The molecule has 0 atom stereocenters. The lowest BCUT2D eigenvalue weighted by molar-refractivity contribution is 0.102. The van der Waals surface area contributed by atoms with Crippen LogP contribution in [0.25, 0.3) is 0 Å². The molecule has 0 unspecified atom stereocenters. The molecule has 2 N–H and O–H groups in total. The average molecular weight is 348 g/mol. The minimum absolute atomic E-state index is 0.254. The van der Waals surface area contributed by atoms with E-state index >= 15 is 0 Å². The van der Waals surface area contributed by atoms with E-state index in [-0.39, 0.29) is 11.6 Å². The number of nitrogens with zero attached hydrogens (tertiary/aromatic N) is 2. The highest BCUT2D eigenvalue weighted by Gasteiger charge is 2.11. The topological polar surface area (TPSA) is 76.1 Å². The van der Waals surface area contributed by atoms with E-state index in [0.29, 0.717) is 5.82 Å². The van der Waals surface area contributed by atoms with Crippen molar-refractivity contribution in [3.05, 3.63) is 71.4 Å². The van der Waals surface area contributed by atoms with Gasteiger partial charge >= 0.3 is 0 Å². The van der Waals surface area contributed by atoms with Crippen molar-refractivity contribution in [1.29, 1.82) is 0 Å². The molecule has 1 aromatic heterocycles. The van der Waals surface area contributed by atoms with Gasteiger partial charge in [-0.05, 0) is 49.2 Å². The van der Waals surface area contributed by atoms with Gasteiger partial charge in [0.05, 0.1) is 7.11 Å². The molecule has 3 aromatic rings. The first-order valence-corrected chi connectivity index (χ1v) is 8.19. The second-order valence-electron chi connectivity index (χ2n) is 5.88. The number of carbonyl (C=O) groups excluding carboxylic acids is 1. The maximum Gasteiger partial charge on any atom is 0.276 e. The molecule has 0 aliphatic carbocycles. The molecule has 0 bridgehead atoms. The molecule has 2 aromatic carbocycles. The number of benzene rings is 2. The Labute approximate surface area is 152 Å². The molecule has 132 valence electrons. The molecule has 0 saturated heterocycles. The molecule has 0 aliphatic rings. The minimum Gasteiger partial charge on any atom is -0.497 e. The van der Waals surface area contributed by atoms with E-state index in [2.05, 4.69) is 20.8 Å². The van der Waals surface area contributed by atoms with Crippen LogP contribution < -0.4 is 15.4 Å². The zero-order valence-corrected chi connectivity index (χ0v) is 14.9. The Morgan fingerprint density at radius 1 is 0.962 bits per heavy atom. The molecule has 6 heteroatoms. The summed E-state index contributed by atoms with van der Waals surface area (Å²) in [5.74, 6) is 0.997. The molecule has 0 spiro atoms. The smallest absolute Gasteiger partial charge is 0.276 e. The minimum atomic E-state index is -0.289. The highest BCUT2D eigenvalue weighted by atomic mass is 16.5. The number of nitrogens with one attached hydrogen (secondary N) is 2. The highest BCUT2D eigenvalue weighted by Crippen LogP contribution is 2.21. The first-order valence-electron chi connectivity index (χ1n) is 8.19. The quantitative estimate of drug-likeness (QED) is 0.726. The molecule has 1 heterocycles. The Morgan fingerprint density at radius 3 is 2.35 bits per heavy atom. The number of amides is 1. The van der Waals surface area contributed by atoms with Crippen molar-refractivity contribution in [2.45, 2.75) is 13.8 Å². The molecule has 1 amide bonds. The molecule has 0 aliphatic heterocycles. The summed E-state index contributed by atoms with van der Waals surface area (Å²) in [6, 6.07) is 16.7. The van der Waals surface area contributed by atoms with Gasteiger partial charge in [0, 0.05) is 17.4 Å². The summed E-state index contributed by atoms with van der Waals surface area (Å²) < 4.78 is 5.19. The van der Waals surface area contributed by atoms with Crippen molar-refractivity contribution in [3.8, 4) is 5.75 Å². The molecule has 3 rings (SSSR count). The number of hydrogen-bond acceptors (Lipinski definition) is 5. The standard InChI is InChI=1S/C20H20N4O2/c1-13-6-4-7-14(2)19(13)22-20(25)17-10-11-18(24-23-17)21-15-8-5-9-16(12-15)26-3/h4-12H,1-3H3,(H,21,24)(H,22,25). The van der Waals surface area contributed by atoms with Crippen molar-refractivity contribution in [2.75, 3.05) is 17.7 Å². The molecular formula is C20H20N4O2. The largest absolute Gasteiger partial charge is 0.497 e. The predicted molar refractivity (Wildman–Crippen MR) is 102 cm³/mol. The van der Waals surface area contributed by atoms with E-state index in [4.69, 9.17) is 4.74 Å². The third-order valence-corrected chi connectivity index (χ3v) is 3.96. The fourth-order valence-electron chi connectivity index (χ4n) is 2.56. The van der Waals surface area contributed by atoms with E-state index in [1.807, 2.05) is 56.3 Å². The van der Waals surface area contributed by atoms with Crippen molar-refractivity contribution in [2.24, 2.45) is 0 Å². The predicted octanol–water partition coefficient (Wildman–Crippen LogP) is 4.10. The van der Waals surface area contributed by atoms with Crippen LogP contribution in [0.3, 0.4) is 0 Å². The number of carbonyl (C=O) groups is 1. The van der Waals surface area contributed by atoms with Crippen LogP contribution in [0.1, 0.15) is 21.6 Å². The fraction of sp³-hybridized carbons (Fsp3) is 0.150. The lowest BCUT2D eigenvalue weighted by Crippen LogP contribution is -2.16. The van der Waals surface area contributed by atoms with Gasteiger partial charge in [-0.25, -0.2) is 0 Å². The van der Waals surface area contributed by atoms with Crippen molar-refractivity contribution < 1.29 is 9.53 Å². The number of aryl methyl sites for hydroxylation is 2. The SMILES string of the molecule is COc1cccc(Nc2ccc(C(=O)Nc3c(C)cccc3C)nn2)c1. The van der Waals surface area contributed by atoms with Crippen LogP contribution in [0.15, 0.2) is 54.6 Å². The number of ether oxygens (including phenoxy) is 1. The first kappa shape index (κ1) is 17.4. The lowest BCUT2D eigenvalue weighted by atomic mass is 10.1. The van der Waals surface area contributed by atoms with E-state index < -0.39 is 0 Å². The third-order valence-electron chi connectivity index (χ3n) is 3.96. The van der Waals surface area contributed by atoms with Crippen molar-refractivity contribution in [1.82, 2.24) is 10.2 Å². The van der Waals surface area contributed by atoms with Crippen molar-refractivity contribution >= 4 is 23.1 Å². The van der Waals surface area contributed by atoms with Gasteiger partial charge in [0.2, 0.25) is 0 Å². The van der Waals surface area contributed by atoms with Gasteiger partial charge in [-0.1, -0.05) is 24.3 Å². The highest BCUT2D eigenvalue weighted by molar-refractivity contribution is 6.03. The number of methoxy groups -OCH3 is 1. The van der Waals surface area contributed by atoms with Crippen LogP contribution in [-0.4, -0.2) is 23.2 Å². The zero-order chi connectivity index (χ0) is 18.5. The number of aromatic nitrogens is 2.